The van der Waals surface area contributed by atoms with Gasteiger partial charge in [0.05, 0.1) is 5.69 Å². The van der Waals surface area contributed by atoms with Crippen LogP contribution in [0.2, 0.25) is 0 Å². The van der Waals surface area contributed by atoms with E-state index >= 15 is 0 Å². The molecule has 0 radical (unpaired) electrons. The normalized spacial score (nSPS) is 12.2. The molecule has 0 heterocycles. The number of hydrogen-bond donors (Lipinski definition) is 3. The molecule has 4 rings (SSSR count). The number of phenolic OH excluding ortho intramolecular Hbond substituents is 2. The fourth-order valence-corrected chi connectivity index (χ4v) is 3.81. The number of azo groups is 1. The van der Waals surface area contributed by atoms with Crippen molar-refractivity contribution in [1.82, 2.24) is 0 Å². The molecule has 0 aliphatic rings. The van der Waals surface area contributed by atoms with E-state index in [1.165, 1.54) is 30.3 Å². The van der Waals surface area contributed by atoms with Gasteiger partial charge in [0.1, 0.15) is 22.1 Å². The van der Waals surface area contributed by atoms with E-state index in [4.69, 9.17) is 0 Å². The second kappa shape index (κ2) is 6.59. The van der Waals surface area contributed by atoms with Crippen molar-refractivity contribution >= 4 is 43.0 Å². The summed E-state index contributed by atoms with van der Waals surface area (Å²) in [4.78, 5) is -0.278. The Hall–Kier alpha value is -3.49. The number of benzene rings is 4. The first-order valence-corrected chi connectivity index (χ1v) is 9.64. The van der Waals surface area contributed by atoms with Crippen molar-refractivity contribution in [3.8, 4) is 11.5 Å². The molecule has 0 bridgehead atoms. The predicted octanol–water partition coefficient (Wildman–Crippen LogP) is 5.07. The SMILES string of the molecule is O=S(=O)(O)c1cccc2cccc(N=Nc3c(O)ccc4ccc(O)cc34)c12. The van der Waals surface area contributed by atoms with Gasteiger partial charge in [-0.2, -0.15) is 8.42 Å². The van der Waals surface area contributed by atoms with Crippen LogP contribution in [-0.2, 0) is 10.1 Å². The van der Waals surface area contributed by atoms with Crippen LogP contribution in [0.1, 0.15) is 0 Å². The highest BCUT2D eigenvalue weighted by Gasteiger charge is 2.16. The lowest BCUT2D eigenvalue weighted by Gasteiger charge is -2.07. The molecule has 7 nitrogen and oxygen atoms in total. The van der Waals surface area contributed by atoms with E-state index in [1.807, 2.05) is 0 Å². The standard InChI is InChI=1S/C20H14N2O5S/c23-14-9-7-12-8-10-17(24)20(15(12)11-14)22-21-16-5-1-3-13-4-2-6-18(19(13)16)28(25,26)27/h1-11,23-24H,(H,25,26,27). The Bertz CT molecular complexity index is 1350. The van der Waals surface area contributed by atoms with Crippen LogP contribution in [0.5, 0.6) is 11.5 Å². The highest BCUT2D eigenvalue weighted by Crippen LogP contribution is 2.39. The van der Waals surface area contributed by atoms with Gasteiger partial charge >= 0.3 is 0 Å². The molecule has 8 heteroatoms. The van der Waals surface area contributed by atoms with Crippen LogP contribution in [0.15, 0.2) is 81.9 Å². The Balaban J connectivity index is 1.95. The lowest BCUT2D eigenvalue weighted by atomic mass is 10.1. The van der Waals surface area contributed by atoms with E-state index in [2.05, 4.69) is 10.2 Å². The number of fused-ring (bicyclic) bond motifs is 2. The van der Waals surface area contributed by atoms with Crippen LogP contribution >= 0.6 is 0 Å². The van der Waals surface area contributed by atoms with E-state index in [1.54, 1.807) is 36.4 Å². The molecule has 0 atom stereocenters. The van der Waals surface area contributed by atoms with Gasteiger partial charge < -0.3 is 10.2 Å². The Morgan fingerprint density at radius 1 is 0.786 bits per heavy atom. The molecule has 0 unspecified atom stereocenters. The van der Waals surface area contributed by atoms with Crippen molar-refractivity contribution in [2.75, 3.05) is 0 Å². The van der Waals surface area contributed by atoms with Crippen molar-refractivity contribution in [3.63, 3.8) is 0 Å². The minimum Gasteiger partial charge on any atom is -0.508 e. The molecule has 0 aliphatic carbocycles. The molecular weight excluding hydrogens is 380 g/mol. The lowest BCUT2D eigenvalue weighted by Crippen LogP contribution is -1.98. The van der Waals surface area contributed by atoms with E-state index in [0.29, 0.717) is 10.8 Å². The minimum atomic E-state index is -4.47. The first-order valence-electron chi connectivity index (χ1n) is 8.20. The summed E-state index contributed by atoms with van der Waals surface area (Å²) in [6, 6.07) is 17.2. The molecule has 4 aromatic carbocycles. The monoisotopic (exact) mass is 394 g/mol. The Morgan fingerprint density at radius 2 is 1.50 bits per heavy atom. The van der Waals surface area contributed by atoms with Crippen molar-refractivity contribution in [2.24, 2.45) is 10.2 Å². The molecule has 3 N–H and O–H groups in total. The molecular formula is C20H14N2O5S. The van der Waals surface area contributed by atoms with Crippen LogP contribution in [0.3, 0.4) is 0 Å². The molecule has 140 valence electrons. The first-order chi connectivity index (χ1) is 13.3. The largest absolute Gasteiger partial charge is 0.508 e. The van der Waals surface area contributed by atoms with Gasteiger partial charge in [-0.05, 0) is 41.1 Å². The maximum atomic E-state index is 11.8. The lowest BCUT2D eigenvalue weighted by molar-refractivity contribution is 0.475. The van der Waals surface area contributed by atoms with Gasteiger partial charge in [-0.15, -0.1) is 10.2 Å². The highest BCUT2D eigenvalue weighted by molar-refractivity contribution is 7.86. The van der Waals surface area contributed by atoms with E-state index in [0.717, 1.165) is 5.39 Å². The Morgan fingerprint density at radius 3 is 2.25 bits per heavy atom. The van der Waals surface area contributed by atoms with Crippen LogP contribution in [0.25, 0.3) is 21.5 Å². The number of hydrogen-bond acceptors (Lipinski definition) is 6. The smallest absolute Gasteiger partial charge is 0.295 e. The summed E-state index contributed by atoms with van der Waals surface area (Å²) in [5.41, 5.74) is 0.344. The average molecular weight is 394 g/mol. The highest BCUT2D eigenvalue weighted by atomic mass is 32.2. The molecule has 28 heavy (non-hydrogen) atoms. The predicted molar refractivity (Wildman–Crippen MR) is 105 cm³/mol. The summed E-state index contributed by atoms with van der Waals surface area (Å²) in [7, 11) is -4.47. The second-order valence-corrected chi connectivity index (χ2v) is 7.54. The van der Waals surface area contributed by atoms with E-state index in [9.17, 15) is 23.2 Å². The summed E-state index contributed by atoms with van der Waals surface area (Å²) in [6.45, 7) is 0. The topological polar surface area (TPSA) is 120 Å². The third kappa shape index (κ3) is 3.15. The number of aromatic hydroxyl groups is 2. The maximum Gasteiger partial charge on any atom is 0.295 e. The average Bonchev–Trinajstić information content (AvgIpc) is 2.66. The zero-order valence-corrected chi connectivity index (χ0v) is 15.1. The quantitative estimate of drug-likeness (QED) is 0.331. The summed E-state index contributed by atoms with van der Waals surface area (Å²) in [6.07, 6.45) is 0. The van der Waals surface area contributed by atoms with Gasteiger partial charge in [-0.1, -0.05) is 36.4 Å². The Labute approximate surface area is 160 Å². The third-order valence-corrected chi connectivity index (χ3v) is 5.23. The van der Waals surface area contributed by atoms with E-state index < -0.39 is 10.1 Å². The van der Waals surface area contributed by atoms with Crippen molar-refractivity contribution < 1.29 is 23.2 Å². The number of nitrogens with zero attached hydrogens (tertiary/aromatic N) is 2. The van der Waals surface area contributed by atoms with Crippen LogP contribution < -0.4 is 0 Å². The second-order valence-electron chi connectivity index (χ2n) is 6.15. The zero-order chi connectivity index (χ0) is 19.9. The molecule has 0 amide bonds. The van der Waals surface area contributed by atoms with Crippen LogP contribution in [-0.4, -0.2) is 23.2 Å². The zero-order valence-electron chi connectivity index (χ0n) is 14.3. The summed E-state index contributed by atoms with van der Waals surface area (Å²) in [5.74, 6) is -0.134. The summed E-state index contributed by atoms with van der Waals surface area (Å²) < 4.78 is 33.1. The Kier molecular flexibility index (Phi) is 4.21. The van der Waals surface area contributed by atoms with Gasteiger partial charge in [-0.3, -0.25) is 4.55 Å². The summed E-state index contributed by atoms with van der Waals surface area (Å²) in [5, 5.41) is 30.2. The van der Waals surface area contributed by atoms with Gasteiger partial charge in [-0.25, -0.2) is 0 Å². The third-order valence-electron chi connectivity index (χ3n) is 4.34. The van der Waals surface area contributed by atoms with Crippen LogP contribution in [0, 0.1) is 0 Å². The number of phenols is 2. The molecule has 0 fully saturated rings. The van der Waals surface area contributed by atoms with Gasteiger partial charge in [0.25, 0.3) is 10.1 Å². The van der Waals surface area contributed by atoms with Crippen molar-refractivity contribution in [2.45, 2.75) is 4.90 Å². The molecule has 0 spiro atoms. The van der Waals surface area contributed by atoms with Crippen molar-refractivity contribution in [3.05, 3.63) is 66.7 Å². The first kappa shape index (κ1) is 17.9. The maximum absolute atomic E-state index is 11.8. The fraction of sp³-hybridized carbons (Fsp3) is 0. The molecule has 0 saturated heterocycles. The molecule has 0 aliphatic heterocycles. The molecule has 0 aromatic heterocycles. The minimum absolute atomic E-state index is 0.00775. The van der Waals surface area contributed by atoms with Gasteiger partial charge in [0.15, 0.2) is 0 Å². The molecule has 4 aromatic rings. The van der Waals surface area contributed by atoms with Crippen molar-refractivity contribution in [1.29, 1.82) is 0 Å². The van der Waals surface area contributed by atoms with Gasteiger partial charge in [0.2, 0.25) is 0 Å². The fourth-order valence-electron chi connectivity index (χ4n) is 3.07. The summed E-state index contributed by atoms with van der Waals surface area (Å²) >= 11 is 0. The van der Waals surface area contributed by atoms with E-state index in [-0.39, 0.29) is 33.2 Å². The van der Waals surface area contributed by atoms with Gasteiger partial charge in [0, 0.05) is 10.8 Å². The van der Waals surface area contributed by atoms with Crippen LogP contribution in [0.4, 0.5) is 11.4 Å². The number of rotatable bonds is 3. The molecule has 0 saturated carbocycles.